The molecule has 0 aliphatic heterocycles. The van der Waals surface area contributed by atoms with Gasteiger partial charge in [0.25, 0.3) is 0 Å². The Labute approximate surface area is 120 Å². The Bertz CT molecular complexity index is 479. The highest BCUT2D eigenvalue weighted by atomic mass is 16.1. The minimum atomic E-state index is -0.169. The number of amides is 1. The predicted molar refractivity (Wildman–Crippen MR) is 81.7 cm³/mol. The van der Waals surface area contributed by atoms with E-state index in [0.29, 0.717) is 37.0 Å². The fraction of sp³-hybridized carbons (Fsp3) is 0.643. The molecule has 1 amide bonds. The third kappa shape index (κ3) is 4.36. The van der Waals surface area contributed by atoms with E-state index >= 15 is 0 Å². The Morgan fingerprint density at radius 2 is 1.95 bits per heavy atom. The van der Waals surface area contributed by atoms with E-state index in [1.54, 1.807) is 0 Å². The van der Waals surface area contributed by atoms with Gasteiger partial charge in [0, 0.05) is 30.5 Å². The van der Waals surface area contributed by atoms with Gasteiger partial charge in [0.2, 0.25) is 5.91 Å². The van der Waals surface area contributed by atoms with Gasteiger partial charge in [-0.2, -0.15) is 0 Å². The van der Waals surface area contributed by atoms with Crippen LogP contribution in [0.4, 0.5) is 11.6 Å². The number of nitrogens with one attached hydrogen (secondary N) is 2. The summed E-state index contributed by atoms with van der Waals surface area (Å²) in [5.74, 6) is 1.90. The minimum absolute atomic E-state index is 0.0238. The Morgan fingerprint density at radius 1 is 1.30 bits per heavy atom. The Kier molecular flexibility index (Phi) is 5.30. The number of hydrogen-bond donors (Lipinski definition) is 3. The van der Waals surface area contributed by atoms with Crippen molar-refractivity contribution in [3.8, 4) is 0 Å². The minimum Gasteiger partial charge on any atom is -0.383 e. The molecule has 0 aliphatic rings. The molecule has 0 aromatic carbocycles. The van der Waals surface area contributed by atoms with Crippen LogP contribution in [0.25, 0.3) is 0 Å². The van der Waals surface area contributed by atoms with Crippen molar-refractivity contribution in [1.29, 1.82) is 0 Å². The number of nitrogen functional groups attached to an aromatic ring is 1. The lowest BCUT2D eigenvalue weighted by molar-refractivity contribution is -0.120. The molecule has 4 N–H and O–H groups in total. The first-order valence-electron chi connectivity index (χ1n) is 6.90. The van der Waals surface area contributed by atoms with E-state index in [4.69, 9.17) is 5.73 Å². The molecule has 0 spiro atoms. The number of rotatable bonds is 5. The van der Waals surface area contributed by atoms with Gasteiger partial charge < -0.3 is 16.4 Å². The van der Waals surface area contributed by atoms with Crippen LogP contribution >= 0.6 is 0 Å². The van der Waals surface area contributed by atoms with E-state index in [-0.39, 0.29) is 11.3 Å². The van der Waals surface area contributed by atoms with Gasteiger partial charge in [-0.1, -0.05) is 20.8 Å². The van der Waals surface area contributed by atoms with Crippen LogP contribution in [0.1, 0.15) is 45.5 Å². The van der Waals surface area contributed by atoms with E-state index in [1.807, 2.05) is 34.6 Å². The topological polar surface area (TPSA) is 92.9 Å². The number of carbonyl (C=O) groups is 1. The molecule has 112 valence electrons. The monoisotopic (exact) mass is 279 g/mol. The van der Waals surface area contributed by atoms with E-state index in [9.17, 15) is 4.79 Å². The number of carbonyl (C=O) groups excluding carboxylic acids is 1. The number of aromatic nitrogens is 2. The molecule has 1 rings (SSSR count). The van der Waals surface area contributed by atoms with Crippen LogP contribution in [-0.2, 0) is 10.2 Å². The Balaban J connectivity index is 2.79. The SMILES string of the molecule is CCNC(=O)CCNc1nc(C(C)(C)C)nc(N)c1C. The van der Waals surface area contributed by atoms with Gasteiger partial charge in [-0.3, -0.25) is 4.79 Å². The first-order chi connectivity index (χ1) is 9.25. The molecular weight excluding hydrogens is 254 g/mol. The number of anilines is 2. The largest absolute Gasteiger partial charge is 0.383 e. The fourth-order valence-corrected chi connectivity index (χ4v) is 1.62. The zero-order chi connectivity index (χ0) is 15.3. The quantitative estimate of drug-likeness (QED) is 0.761. The fourth-order valence-electron chi connectivity index (χ4n) is 1.62. The van der Waals surface area contributed by atoms with E-state index in [2.05, 4.69) is 20.6 Å². The second-order valence-electron chi connectivity index (χ2n) is 5.79. The lowest BCUT2D eigenvalue weighted by Gasteiger charge is -2.19. The third-order valence-corrected chi connectivity index (χ3v) is 2.87. The molecule has 0 bridgehead atoms. The molecule has 0 aliphatic carbocycles. The second-order valence-corrected chi connectivity index (χ2v) is 5.79. The molecule has 1 aromatic rings. The van der Waals surface area contributed by atoms with Crippen molar-refractivity contribution in [2.45, 2.75) is 46.5 Å². The number of nitrogens with zero attached hydrogens (tertiary/aromatic N) is 2. The van der Waals surface area contributed by atoms with Gasteiger partial charge in [0.05, 0.1) is 0 Å². The maximum Gasteiger partial charge on any atom is 0.221 e. The van der Waals surface area contributed by atoms with Crippen molar-refractivity contribution >= 4 is 17.5 Å². The zero-order valence-corrected chi connectivity index (χ0v) is 13.0. The van der Waals surface area contributed by atoms with Gasteiger partial charge in [-0.05, 0) is 13.8 Å². The summed E-state index contributed by atoms with van der Waals surface area (Å²) in [6.07, 6.45) is 0.405. The van der Waals surface area contributed by atoms with E-state index < -0.39 is 0 Å². The summed E-state index contributed by atoms with van der Waals surface area (Å²) in [5.41, 5.74) is 6.57. The molecule has 0 radical (unpaired) electrons. The summed E-state index contributed by atoms with van der Waals surface area (Å²) in [6, 6.07) is 0. The maximum atomic E-state index is 11.4. The predicted octanol–water partition coefficient (Wildman–Crippen LogP) is 1.60. The Hall–Kier alpha value is -1.85. The lowest BCUT2D eigenvalue weighted by atomic mass is 9.95. The molecule has 1 heterocycles. The molecule has 0 fully saturated rings. The Morgan fingerprint density at radius 3 is 2.50 bits per heavy atom. The van der Waals surface area contributed by atoms with Crippen molar-refractivity contribution < 1.29 is 4.79 Å². The van der Waals surface area contributed by atoms with Gasteiger partial charge in [-0.15, -0.1) is 0 Å². The highest BCUT2D eigenvalue weighted by Crippen LogP contribution is 2.24. The summed E-state index contributed by atoms with van der Waals surface area (Å²) in [6.45, 7) is 11.0. The first-order valence-corrected chi connectivity index (χ1v) is 6.90. The summed E-state index contributed by atoms with van der Waals surface area (Å²) in [5, 5.41) is 5.92. The van der Waals surface area contributed by atoms with Crippen molar-refractivity contribution in [2.75, 3.05) is 24.1 Å². The van der Waals surface area contributed by atoms with Crippen LogP contribution in [0.15, 0.2) is 0 Å². The van der Waals surface area contributed by atoms with E-state index in [1.165, 1.54) is 0 Å². The van der Waals surface area contributed by atoms with Crippen LogP contribution < -0.4 is 16.4 Å². The smallest absolute Gasteiger partial charge is 0.221 e. The van der Waals surface area contributed by atoms with Crippen LogP contribution in [-0.4, -0.2) is 29.0 Å². The molecule has 0 saturated carbocycles. The molecule has 0 unspecified atom stereocenters. The highest BCUT2D eigenvalue weighted by molar-refractivity contribution is 5.76. The molecule has 6 nitrogen and oxygen atoms in total. The van der Waals surface area contributed by atoms with Crippen LogP contribution in [0.2, 0.25) is 0 Å². The second kappa shape index (κ2) is 6.54. The van der Waals surface area contributed by atoms with Gasteiger partial charge >= 0.3 is 0 Å². The van der Waals surface area contributed by atoms with Crippen LogP contribution in [0, 0.1) is 6.92 Å². The number of hydrogen-bond acceptors (Lipinski definition) is 5. The van der Waals surface area contributed by atoms with Crippen molar-refractivity contribution in [2.24, 2.45) is 0 Å². The molecule has 6 heteroatoms. The van der Waals surface area contributed by atoms with Crippen LogP contribution in [0.3, 0.4) is 0 Å². The summed E-state index contributed by atoms with van der Waals surface area (Å²) >= 11 is 0. The third-order valence-electron chi connectivity index (χ3n) is 2.87. The van der Waals surface area contributed by atoms with Crippen LogP contribution in [0.5, 0.6) is 0 Å². The first kappa shape index (κ1) is 16.2. The molecular formula is C14H25N5O. The standard InChI is InChI=1S/C14H25N5O/c1-6-16-10(20)7-8-17-12-9(2)11(15)18-13(19-12)14(3,4)5/h6-8H2,1-5H3,(H,16,20)(H3,15,17,18,19). The molecule has 1 aromatic heterocycles. The zero-order valence-electron chi connectivity index (χ0n) is 13.0. The molecule has 0 saturated heterocycles. The lowest BCUT2D eigenvalue weighted by Crippen LogP contribution is -2.25. The highest BCUT2D eigenvalue weighted by Gasteiger charge is 2.20. The van der Waals surface area contributed by atoms with Crippen molar-refractivity contribution in [3.63, 3.8) is 0 Å². The summed E-state index contributed by atoms with van der Waals surface area (Å²) in [4.78, 5) is 20.2. The van der Waals surface area contributed by atoms with Gasteiger partial charge in [-0.25, -0.2) is 9.97 Å². The summed E-state index contributed by atoms with van der Waals surface area (Å²) in [7, 11) is 0. The molecule has 0 atom stereocenters. The number of nitrogens with two attached hydrogens (primary N) is 1. The average molecular weight is 279 g/mol. The van der Waals surface area contributed by atoms with Crippen molar-refractivity contribution in [3.05, 3.63) is 11.4 Å². The van der Waals surface area contributed by atoms with E-state index in [0.717, 1.165) is 5.56 Å². The average Bonchev–Trinajstić information content (AvgIpc) is 2.33. The summed E-state index contributed by atoms with van der Waals surface area (Å²) < 4.78 is 0. The normalized spacial score (nSPS) is 11.2. The van der Waals surface area contributed by atoms with Gasteiger partial charge in [0.1, 0.15) is 17.5 Å². The van der Waals surface area contributed by atoms with Gasteiger partial charge in [0.15, 0.2) is 0 Å². The maximum absolute atomic E-state index is 11.4. The van der Waals surface area contributed by atoms with Crippen molar-refractivity contribution in [1.82, 2.24) is 15.3 Å². The molecule has 20 heavy (non-hydrogen) atoms.